The number of ether oxygens (including phenoxy) is 2. The molecule has 4 aromatic rings. The van der Waals surface area contributed by atoms with E-state index in [-0.39, 0.29) is 23.5 Å². The Balaban J connectivity index is 1.66. The van der Waals surface area contributed by atoms with Crippen molar-refractivity contribution in [2.75, 3.05) is 18.5 Å². The quantitative estimate of drug-likeness (QED) is 0.312. The van der Waals surface area contributed by atoms with Crippen LogP contribution in [0.2, 0.25) is 0 Å². The molecule has 1 N–H and O–H groups in total. The number of amides is 1. The van der Waals surface area contributed by atoms with Crippen LogP contribution in [0.1, 0.15) is 38.8 Å². The van der Waals surface area contributed by atoms with E-state index in [0.29, 0.717) is 27.1 Å². The van der Waals surface area contributed by atoms with E-state index < -0.39 is 18.5 Å². The maximum atomic E-state index is 13.4. The molecule has 0 radical (unpaired) electrons. The Bertz CT molecular complexity index is 1510. The van der Waals surface area contributed by atoms with Gasteiger partial charge in [0, 0.05) is 10.4 Å². The van der Waals surface area contributed by atoms with Crippen LogP contribution < -0.4 is 15.5 Å². The maximum Gasteiger partial charge on any atom is 0.341 e. The first-order chi connectivity index (χ1) is 17.2. The third-order valence-electron chi connectivity index (χ3n) is 5.78. The van der Waals surface area contributed by atoms with Crippen molar-refractivity contribution < 1.29 is 23.5 Å². The fraction of sp³-hybridized carbons (Fsp3) is 0.250. The van der Waals surface area contributed by atoms with Crippen molar-refractivity contribution in [1.82, 2.24) is 0 Å². The molecule has 2 aromatic carbocycles. The smallest absolute Gasteiger partial charge is 0.341 e. The summed E-state index contributed by atoms with van der Waals surface area (Å²) < 4.78 is 17.0. The van der Waals surface area contributed by atoms with E-state index in [0.717, 1.165) is 21.6 Å². The number of rotatable bonds is 7. The summed E-state index contributed by atoms with van der Waals surface area (Å²) in [6.45, 7) is 9.02. The van der Waals surface area contributed by atoms with E-state index in [1.807, 2.05) is 51.1 Å². The van der Waals surface area contributed by atoms with Gasteiger partial charge in [0.1, 0.15) is 10.6 Å². The number of esters is 1. The molecular formula is C28H27NO6S. The summed E-state index contributed by atoms with van der Waals surface area (Å²) in [5.74, 6) is -0.807. The van der Waals surface area contributed by atoms with Crippen LogP contribution >= 0.6 is 11.3 Å². The van der Waals surface area contributed by atoms with Gasteiger partial charge in [0.25, 0.3) is 5.91 Å². The van der Waals surface area contributed by atoms with Crippen molar-refractivity contribution in [3.63, 3.8) is 0 Å². The highest BCUT2D eigenvalue weighted by atomic mass is 32.1. The number of aryl methyl sites for hydroxylation is 3. The highest BCUT2D eigenvalue weighted by Gasteiger charge is 2.23. The molecule has 1 amide bonds. The zero-order chi connectivity index (χ0) is 26.0. The minimum atomic E-state index is -0.514. The van der Waals surface area contributed by atoms with Crippen LogP contribution in [0.5, 0.6) is 5.75 Å². The summed E-state index contributed by atoms with van der Waals surface area (Å²) in [7, 11) is 0. The average molecular weight is 506 g/mol. The number of hydrogen-bond acceptors (Lipinski definition) is 7. The van der Waals surface area contributed by atoms with E-state index in [9.17, 15) is 14.4 Å². The molecule has 0 aliphatic rings. The van der Waals surface area contributed by atoms with Gasteiger partial charge in [-0.15, -0.1) is 11.3 Å². The number of anilines is 1. The highest BCUT2D eigenvalue weighted by molar-refractivity contribution is 7.16. The Morgan fingerprint density at radius 1 is 1.00 bits per heavy atom. The maximum absolute atomic E-state index is 13.4. The zero-order valence-corrected chi connectivity index (χ0v) is 21.6. The summed E-state index contributed by atoms with van der Waals surface area (Å²) in [4.78, 5) is 39.6. The van der Waals surface area contributed by atoms with Gasteiger partial charge in [0.2, 0.25) is 11.2 Å². The minimum Gasteiger partial charge on any atom is -0.476 e. The molecule has 0 spiro atoms. The van der Waals surface area contributed by atoms with Crippen molar-refractivity contribution >= 4 is 39.2 Å². The second-order valence-corrected chi connectivity index (χ2v) is 9.72. The molecule has 2 aromatic heterocycles. The molecule has 0 bridgehead atoms. The Hall–Kier alpha value is -3.91. The second-order valence-electron chi connectivity index (χ2n) is 8.50. The molecule has 0 unspecified atom stereocenters. The van der Waals surface area contributed by atoms with Gasteiger partial charge in [0.15, 0.2) is 12.4 Å². The average Bonchev–Trinajstić information content (AvgIpc) is 3.12. The zero-order valence-electron chi connectivity index (χ0n) is 20.8. The monoisotopic (exact) mass is 505 g/mol. The molecule has 0 aliphatic carbocycles. The third-order valence-corrected chi connectivity index (χ3v) is 6.91. The van der Waals surface area contributed by atoms with Crippen LogP contribution in [0.3, 0.4) is 0 Å². The molecule has 0 saturated heterocycles. The Morgan fingerprint density at radius 3 is 2.39 bits per heavy atom. The first kappa shape index (κ1) is 25.2. The molecule has 4 rings (SSSR count). The lowest BCUT2D eigenvalue weighted by atomic mass is 10.1. The minimum absolute atomic E-state index is 0.0451. The first-order valence-corrected chi connectivity index (χ1v) is 12.4. The summed E-state index contributed by atoms with van der Waals surface area (Å²) in [5.41, 5.74) is 3.76. The van der Waals surface area contributed by atoms with E-state index in [4.69, 9.17) is 13.9 Å². The van der Waals surface area contributed by atoms with Gasteiger partial charge in [-0.3, -0.25) is 9.59 Å². The van der Waals surface area contributed by atoms with E-state index in [2.05, 4.69) is 5.32 Å². The van der Waals surface area contributed by atoms with Crippen LogP contribution in [-0.4, -0.2) is 25.1 Å². The van der Waals surface area contributed by atoms with Gasteiger partial charge in [-0.25, -0.2) is 4.79 Å². The summed E-state index contributed by atoms with van der Waals surface area (Å²) in [5, 5.41) is 3.49. The van der Waals surface area contributed by atoms with Crippen LogP contribution in [0.15, 0.2) is 51.7 Å². The van der Waals surface area contributed by atoms with E-state index in [1.165, 1.54) is 11.3 Å². The second kappa shape index (κ2) is 10.4. The van der Waals surface area contributed by atoms with Gasteiger partial charge in [-0.1, -0.05) is 41.5 Å². The number of carbonyl (C=O) groups is 2. The van der Waals surface area contributed by atoms with Crippen molar-refractivity contribution in [2.45, 2.75) is 34.6 Å². The lowest BCUT2D eigenvalue weighted by molar-refractivity contribution is -0.118. The van der Waals surface area contributed by atoms with Gasteiger partial charge in [0.05, 0.1) is 17.6 Å². The number of hydrogen-bond donors (Lipinski definition) is 1. The predicted octanol–water partition coefficient (Wildman–Crippen LogP) is 5.95. The Kier molecular flexibility index (Phi) is 7.26. The highest BCUT2D eigenvalue weighted by Crippen LogP contribution is 2.34. The Morgan fingerprint density at radius 2 is 1.69 bits per heavy atom. The number of thiophene rings is 1. The number of carbonyl (C=O) groups excluding carboxylic acids is 2. The van der Waals surface area contributed by atoms with Crippen molar-refractivity contribution in [3.05, 3.63) is 79.8 Å². The molecule has 8 heteroatoms. The van der Waals surface area contributed by atoms with Crippen molar-refractivity contribution in [1.29, 1.82) is 0 Å². The molecule has 0 atom stereocenters. The normalized spacial score (nSPS) is 10.9. The molecule has 2 heterocycles. The summed E-state index contributed by atoms with van der Waals surface area (Å²) in [6, 6.07) is 12.8. The first-order valence-electron chi connectivity index (χ1n) is 11.5. The van der Waals surface area contributed by atoms with Gasteiger partial charge in [-0.05, 0) is 52.3 Å². The van der Waals surface area contributed by atoms with Gasteiger partial charge in [-0.2, -0.15) is 0 Å². The molecule has 0 fully saturated rings. The Labute approximate surface area is 212 Å². The van der Waals surface area contributed by atoms with Crippen molar-refractivity contribution in [2.24, 2.45) is 0 Å². The standard InChI is InChI=1S/C28H27NO6S/c1-6-33-28(32)23-17(4)18(5)36-27(23)29-22(30)14-34-26-24(31)20-13-16(3)9-12-21(20)35-25(26)19-10-7-15(2)8-11-19/h7-13H,6,14H2,1-5H3,(H,29,30). The van der Waals surface area contributed by atoms with Crippen LogP contribution in [-0.2, 0) is 9.53 Å². The lowest BCUT2D eigenvalue weighted by Crippen LogP contribution is -2.23. The molecule has 36 heavy (non-hydrogen) atoms. The predicted molar refractivity (Wildman–Crippen MR) is 141 cm³/mol. The molecule has 186 valence electrons. The largest absolute Gasteiger partial charge is 0.476 e. The fourth-order valence-corrected chi connectivity index (χ4v) is 4.85. The molecule has 0 saturated carbocycles. The third kappa shape index (κ3) is 5.04. The van der Waals surface area contributed by atoms with Crippen LogP contribution in [0.4, 0.5) is 5.00 Å². The molecule has 0 aliphatic heterocycles. The SMILES string of the molecule is CCOC(=O)c1c(NC(=O)COc2c(-c3ccc(C)cc3)oc3ccc(C)cc3c2=O)sc(C)c1C. The summed E-state index contributed by atoms with van der Waals surface area (Å²) >= 11 is 1.28. The number of fused-ring (bicyclic) bond motifs is 1. The van der Waals surface area contributed by atoms with Crippen LogP contribution in [0, 0.1) is 27.7 Å². The number of benzene rings is 2. The summed E-state index contributed by atoms with van der Waals surface area (Å²) in [6.07, 6.45) is 0. The fourth-order valence-electron chi connectivity index (χ4n) is 3.78. The van der Waals surface area contributed by atoms with Gasteiger partial charge < -0.3 is 19.2 Å². The van der Waals surface area contributed by atoms with E-state index in [1.54, 1.807) is 26.0 Å². The van der Waals surface area contributed by atoms with Crippen molar-refractivity contribution in [3.8, 4) is 17.1 Å². The molecule has 7 nitrogen and oxygen atoms in total. The molecular weight excluding hydrogens is 478 g/mol. The van der Waals surface area contributed by atoms with Crippen LogP contribution in [0.25, 0.3) is 22.3 Å². The number of nitrogens with one attached hydrogen (secondary N) is 1. The topological polar surface area (TPSA) is 94.8 Å². The van der Waals surface area contributed by atoms with Gasteiger partial charge >= 0.3 is 5.97 Å². The van der Waals surface area contributed by atoms with E-state index >= 15 is 0 Å². The lowest BCUT2D eigenvalue weighted by Gasteiger charge is -2.12.